The number of rotatable bonds is 3. The molecule has 1 N–H and O–H groups in total. The van der Waals surface area contributed by atoms with E-state index in [-0.39, 0.29) is 35.3 Å². The second-order valence-electron chi connectivity index (χ2n) is 10.2. The molecule has 0 saturated heterocycles. The maximum absolute atomic E-state index is 12.7. The molecule has 1 aromatic rings. The molecule has 0 radical (unpaired) electrons. The molecule has 4 aliphatic rings. The number of hydrogen-bond acceptors (Lipinski definition) is 4. The van der Waals surface area contributed by atoms with Gasteiger partial charge < -0.3 is 9.84 Å². The van der Waals surface area contributed by atoms with Crippen LogP contribution in [0.15, 0.2) is 42.0 Å². The highest BCUT2D eigenvalue weighted by atomic mass is 16.5. The highest BCUT2D eigenvalue weighted by Crippen LogP contribution is 2.65. The zero-order chi connectivity index (χ0) is 20.9. The highest BCUT2D eigenvalue weighted by molar-refractivity contribution is 5.91. The Morgan fingerprint density at radius 2 is 1.87 bits per heavy atom. The first-order valence-electron chi connectivity index (χ1n) is 11.6. The molecule has 3 fully saturated rings. The summed E-state index contributed by atoms with van der Waals surface area (Å²) in [7, 11) is 0. The fourth-order valence-corrected chi connectivity index (χ4v) is 7.57. The normalized spacial score (nSPS) is 40.1. The lowest BCUT2D eigenvalue weighted by Gasteiger charge is -2.58. The van der Waals surface area contributed by atoms with Crippen molar-refractivity contribution in [3.8, 4) is 0 Å². The molecule has 1 aromatic carbocycles. The van der Waals surface area contributed by atoms with Crippen molar-refractivity contribution in [3.63, 3.8) is 0 Å². The zero-order valence-corrected chi connectivity index (χ0v) is 17.8. The van der Waals surface area contributed by atoms with E-state index in [0.29, 0.717) is 29.7 Å². The van der Waals surface area contributed by atoms with Gasteiger partial charge in [-0.25, -0.2) is 4.79 Å². The van der Waals surface area contributed by atoms with Gasteiger partial charge in [-0.05, 0) is 80.9 Å². The van der Waals surface area contributed by atoms with E-state index in [1.54, 1.807) is 0 Å². The molecule has 4 heteroatoms. The van der Waals surface area contributed by atoms with E-state index in [1.165, 1.54) is 5.57 Å². The Morgan fingerprint density at radius 3 is 2.63 bits per heavy atom. The predicted molar refractivity (Wildman–Crippen MR) is 114 cm³/mol. The molecule has 0 amide bonds. The number of benzene rings is 1. The van der Waals surface area contributed by atoms with Crippen LogP contribution in [-0.2, 0) is 9.53 Å². The van der Waals surface area contributed by atoms with Crippen molar-refractivity contribution in [2.45, 2.75) is 64.4 Å². The summed E-state index contributed by atoms with van der Waals surface area (Å²) in [6.45, 7) is 2.48. The number of hydrogen-bond donors (Lipinski definition) is 1. The van der Waals surface area contributed by atoms with Gasteiger partial charge in [0.25, 0.3) is 0 Å². The number of ketones is 1. The summed E-state index contributed by atoms with van der Waals surface area (Å²) in [5.41, 5.74) is 1.64. The quantitative estimate of drug-likeness (QED) is 0.736. The van der Waals surface area contributed by atoms with Gasteiger partial charge in [0.1, 0.15) is 6.10 Å². The lowest BCUT2D eigenvalue weighted by molar-refractivity contribution is -0.120. The smallest absolute Gasteiger partial charge is 0.338 e. The molecular weight excluding hydrogens is 376 g/mol. The Kier molecular flexibility index (Phi) is 4.89. The molecule has 3 saturated carbocycles. The van der Waals surface area contributed by atoms with Crippen LogP contribution in [0.1, 0.15) is 68.6 Å². The summed E-state index contributed by atoms with van der Waals surface area (Å²) >= 11 is 0. The third-order valence-electron chi connectivity index (χ3n) is 9.14. The Labute approximate surface area is 178 Å². The predicted octanol–water partition coefficient (Wildman–Crippen LogP) is 4.72. The highest BCUT2D eigenvalue weighted by Gasteiger charge is 2.61. The van der Waals surface area contributed by atoms with Gasteiger partial charge in [-0.3, -0.25) is 4.79 Å². The van der Waals surface area contributed by atoms with Crippen LogP contribution in [0.3, 0.4) is 0 Å². The van der Waals surface area contributed by atoms with E-state index in [0.717, 1.165) is 44.9 Å². The van der Waals surface area contributed by atoms with Gasteiger partial charge in [0.15, 0.2) is 5.78 Å². The summed E-state index contributed by atoms with van der Waals surface area (Å²) in [4.78, 5) is 24.7. The zero-order valence-electron chi connectivity index (χ0n) is 17.8. The van der Waals surface area contributed by atoms with Crippen LogP contribution in [0, 0.1) is 28.6 Å². The van der Waals surface area contributed by atoms with Crippen LogP contribution in [0.25, 0.3) is 0 Å². The molecule has 0 heterocycles. The second-order valence-corrected chi connectivity index (χ2v) is 10.2. The first kappa shape index (κ1) is 20.0. The van der Waals surface area contributed by atoms with Crippen molar-refractivity contribution >= 4 is 11.8 Å². The SMILES string of the molecule is C[C@]12CC[C@@H]3[C@@H](CCC4=CC(=O)CC[C@@]43CO)[C@@H]1CCC2OC(=O)c1ccccc1. The molecule has 4 nitrogen and oxygen atoms in total. The third-order valence-corrected chi connectivity index (χ3v) is 9.14. The van der Waals surface area contributed by atoms with E-state index in [9.17, 15) is 14.7 Å². The number of aliphatic hydroxyl groups is 1. The summed E-state index contributed by atoms with van der Waals surface area (Å²) in [5.74, 6) is 1.52. The van der Waals surface area contributed by atoms with Crippen molar-refractivity contribution in [1.29, 1.82) is 0 Å². The van der Waals surface area contributed by atoms with Crippen LogP contribution in [-0.4, -0.2) is 29.6 Å². The lowest BCUT2D eigenvalue weighted by Crippen LogP contribution is -2.53. The van der Waals surface area contributed by atoms with Crippen molar-refractivity contribution in [1.82, 2.24) is 0 Å². The molecule has 30 heavy (non-hydrogen) atoms. The molecule has 0 spiro atoms. The molecule has 4 aliphatic carbocycles. The molecule has 0 aromatic heterocycles. The minimum Gasteiger partial charge on any atom is -0.458 e. The summed E-state index contributed by atoms with van der Waals surface area (Å²) in [5, 5.41) is 10.5. The number of ether oxygens (including phenoxy) is 1. The maximum Gasteiger partial charge on any atom is 0.338 e. The Hall–Kier alpha value is -1.94. The summed E-state index contributed by atoms with van der Waals surface area (Å²) in [6, 6.07) is 9.29. The van der Waals surface area contributed by atoms with Crippen molar-refractivity contribution in [2.75, 3.05) is 6.61 Å². The van der Waals surface area contributed by atoms with Crippen LogP contribution in [0.5, 0.6) is 0 Å². The molecule has 6 atom stereocenters. The van der Waals surface area contributed by atoms with Gasteiger partial charge in [-0.2, -0.15) is 0 Å². The van der Waals surface area contributed by atoms with E-state index < -0.39 is 0 Å². The summed E-state index contributed by atoms with van der Waals surface area (Å²) in [6.07, 6.45) is 9.27. The van der Waals surface area contributed by atoms with Gasteiger partial charge in [-0.15, -0.1) is 0 Å². The number of esters is 1. The average Bonchev–Trinajstić information content (AvgIpc) is 3.10. The van der Waals surface area contributed by atoms with E-state index in [1.807, 2.05) is 36.4 Å². The fraction of sp³-hybridized carbons (Fsp3) is 0.615. The molecule has 160 valence electrons. The van der Waals surface area contributed by atoms with Crippen molar-refractivity contribution in [3.05, 3.63) is 47.5 Å². The number of carbonyl (C=O) groups excluding carboxylic acids is 2. The minimum absolute atomic E-state index is 0.00789. The molecule has 0 aliphatic heterocycles. The van der Waals surface area contributed by atoms with Gasteiger partial charge in [0.05, 0.1) is 12.2 Å². The second kappa shape index (κ2) is 7.33. The molecule has 1 unspecified atom stereocenters. The fourth-order valence-electron chi connectivity index (χ4n) is 7.57. The van der Waals surface area contributed by atoms with Crippen LogP contribution in [0.4, 0.5) is 0 Å². The topological polar surface area (TPSA) is 63.6 Å². The average molecular weight is 409 g/mol. The van der Waals surface area contributed by atoms with E-state index in [2.05, 4.69) is 6.92 Å². The molecular formula is C26H32O4. The largest absolute Gasteiger partial charge is 0.458 e. The van der Waals surface area contributed by atoms with Crippen LogP contribution in [0.2, 0.25) is 0 Å². The number of carbonyl (C=O) groups is 2. The van der Waals surface area contributed by atoms with Gasteiger partial charge in [0, 0.05) is 17.3 Å². The van der Waals surface area contributed by atoms with Gasteiger partial charge in [0.2, 0.25) is 0 Å². The lowest BCUT2D eigenvalue weighted by atomic mass is 9.47. The van der Waals surface area contributed by atoms with Crippen molar-refractivity contribution in [2.24, 2.45) is 28.6 Å². The Morgan fingerprint density at radius 1 is 1.07 bits per heavy atom. The van der Waals surface area contributed by atoms with Gasteiger partial charge >= 0.3 is 5.97 Å². The first-order valence-corrected chi connectivity index (χ1v) is 11.6. The van der Waals surface area contributed by atoms with E-state index in [4.69, 9.17) is 4.74 Å². The molecule has 5 rings (SSSR count). The van der Waals surface area contributed by atoms with Crippen molar-refractivity contribution < 1.29 is 19.4 Å². The van der Waals surface area contributed by atoms with Crippen LogP contribution < -0.4 is 0 Å². The number of aliphatic hydroxyl groups excluding tert-OH is 1. The van der Waals surface area contributed by atoms with Gasteiger partial charge in [-0.1, -0.05) is 30.7 Å². The monoisotopic (exact) mass is 408 g/mol. The standard InChI is InChI=1S/C26H32O4/c1-25-13-12-22-20(8-7-18-15-19(28)11-14-26(18,22)16-27)21(25)9-10-23(25)30-24(29)17-5-3-2-4-6-17/h2-6,15,20-23,27H,7-14,16H2,1H3/t20-,21-,22+,23?,25-,26+/m0/s1. The Bertz CT molecular complexity index is 874. The van der Waals surface area contributed by atoms with E-state index >= 15 is 0 Å². The molecule has 0 bridgehead atoms. The Balaban J connectivity index is 1.38. The first-order chi connectivity index (χ1) is 14.5. The third kappa shape index (κ3) is 2.90. The minimum atomic E-state index is -0.212. The summed E-state index contributed by atoms with van der Waals surface area (Å²) < 4.78 is 6.08. The maximum atomic E-state index is 12.7. The number of fused-ring (bicyclic) bond motifs is 5. The van der Waals surface area contributed by atoms with Crippen LogP contribution >= 0.6 is 0 Å².